The average Bonchev–Trinajstić information content (AvgIpc) is 2.39. The highest BCUT2D eigenvalue weighted by Gasteiger charge is 2.18. The fraction of sp³-hybridized carbons (Fsp3) is 0.600. The van der Waals surface area contributed by atoms with Gasteiger partial charge in [0.1, 0.15) is 0 Å². The zero-order valence-corrected chi connectivity index (χ0v) is 11.5. The molecule has 3 nitrogen and oxygen atoms in total. The lowest BCUT2D eigenvalue weighted by molar-refractivity contribution is 0.134. The Morgan fingerprint density at radius 1 is 1.33 bits per heavy atom. The second kappa shape index (κ2) is 6.88. The molecule has 0 saturated carbocycles. The molecule has 0 amide bonds. The number of ether oxygens (including phenoxy) is 1. The Bertz CT molecular complexity index is 361. The minimum Gasteiger partial charge on any atom is -0.383 e. The van der Waals surface area contributed by atoms with Gasteiger partial charge in [-0.2, -0.15) is 0 Å². The van der Waals surface area contributed by atoms with E-state index >= 15 is 0 Å². The number of nitrogens with zero attached hydrogens (tertiary/aromatic N) is 1. The highest BCUT2D eigenvalue weighted by Crippen LogP contribution is 2.18. The monoisotopic (exact) mass is 248 g/mol. The van der Waals surface area contributed by atoms with Gasteiger partial charge in [0, 0.05) is 32.8 Å². The number of likely N-dealkylation sites (N-methyl/N-ethyl adjacent to an activating group) is 1. The lowest BCUT2D eigenvalue weighted by Crippen LogP contribution is -2.45. The van der Waals surface area contributed by atoms with Crippen LogP contribution in [-0.4, -0.2) is 44.3 Å². The summed E-state index contributed by atoms with van der Waals surface area (Å²) in [6.45, 7) is 7.22. The van der Waals surface area contributed by atoms with Crippen LogP contribution in [0.4, 0.5) is 0 Å². The predicted octanol–water partition coefficient (Wildman–Crippen LogP) is 1.67. The van der Waals surface area contributed by atoms with E-state index in [4.69, 9.17) is 4.74 Å². The zero-order chi connectivity index (χ0) is 12.8. The molecule has 1 heterocycles. The molecular weight excluding hydrogens is 224 g/mol. The zero-order valence-electron chi connectivity index (χ0n) is 11.5. The number of fused-ring (bicyclic) bond motifs is 1. The van der Waals surface area contributed by atoms with E-state index in [9.17, 15) is 0 Å². The smallest absolute Gasteiger partial charge is 0.0628 e. The van der Waals surface area contributed by atoms with Crippen molar-refractivity contribution in [2.75, 3.05) is 33.4 Å². The average molecular weight is 248 g/mol. The molecule has 1 atom stereocenters. The summed E-state index contributed by atoms with van der Waals surface area (Å²) in [5, 5.41) is 3.49. The van der Waals surface area contributed by atoms with Gasteiger partial charge < -0.3 is 10.1 Å². The molecule has 0 fully saturated rings. The van der Waals surface area contributed by atoms with Gasteiger partial charge in [0.15, 0.2) is 0 Å². The first-order valence-corrected chi connectivity index (χ1v) is 6.85. The Morgan fingerprint density at radius 3 is 2.83 bits per heavy atom. The van der Waals surface area contributed by atoms with E-state index < -0.39 is 0 Å². The first kappa shape index (κ1) is 13.5. The van der Waals surface area contributed by atoms with Crippen molar-refractivity contribution in [2.45, 2.75) is 25.9 Å². The Hall–Kier alpha value is -0.900. The van der Waals surface area contributed by atoms with Gasteiger partial charge in [-0.05, 0) is 24.1 Å². The lowest BCUT2D eigenvalue weighted by Gasteiger charge is -2.32. The van der Waals surface area contributed by atoms with Gasteiger partial charge in [-0.3, -0.25) is 4.90 Å². The van der Waals surface area contributed by atoms with Crippen LogP contribution in [0.25, 0.3) is 0 Å². The molecule has 0 spiro atoms. The van der Waals surface area contributed by atoms with Crippen LogP contribution in [0.3, 0.4) is 0 Å². The van der Waals surface area contributed by atoms with Crippen molar-refractivity contribution in [3.8, 4) is 0 Å². The van der Waals surface area contributed by atoms with Crippen LogP contribution in [0, 0.1) is 0 Å². The van der Waals surface area contributed by atoms with Crippen molar-refractivity contribution in [1.29, 1.82) is 0 Å². The first-order chi connectivity index (χ1) is 8.83. The third-order valence-corrected chi connectivity index (χ3v) is 3.55. The molecule has 1 aliphatic heterocycles. The second-order valence-corrected chi connectivity index (χ2v) is 4.96. The number of hydrogen-bond acceptors (Lipinski definition) is 3. The van der Waals surface area contributed by atoms with Crippen LogP contribution in [0.5, 0.6) is 0 Å². The Labute approximate surface area is 110 Å². The summed E-state index contributed by atoms with van der Waals surface area (Å²) in [7, 11) is 1.77. The van der Waals surface area contributed by atoms with Crippen LogP contribution in [0.2, 0.25) is 0 Å². The second-order valence-electron chi connectivity index (χ2n) is 4.96. The van der Waals surface area contributed by atoms with E-state index in [1.54, 1.807) is 7.11 Å². The van der Waals surface area contributed by atoms with E-state index in [2.05, 4.69) is 41.4 Å². The summed E-state index contributed by atoms with van der Waals surface area (Å²) in [5.74, 6) is 0. The normalized spacial score (nSPS) is 17.4. The summed E-state index contributed by atoms with van der Waals surface area (Å²) in [6.07, 6.45) is 1.17. The fourth-order valence-corrected chi connectivity index (χ4v) is 2.69. The molecule has 3 heteroatoms. The molecule has 1 aromatic carbocycles. The molecule has 18 heavy (non-hydrogen) atoms. The van der Waals surface area contributed by atoms with Gasteiger partial charge in [0.25, 0.3) is 0 Å². The number of nitrogens with one attached hydrogen (secondary N) is 1. The maximum Gasteiger partial charge on any atom is 0.0628 e. The van der Waals surface area contributed by atoms with Gasteiger partial charge in [-0.25, -0.2) is 0 Å². The Morgan fingerprint density at radius 2 is 2.11 bits per heavy atom. The van der Waals surface area contributed by atoms with Crippen LogP contribution < -0.4 is 5.32 Å². The van der Waals surface area contributed by atoms with Crippen molar-refractivity contribution in [3.05, 3.63) is 35.4 Å². The number of benzene rings is 1. The number of methoxy groups -OCH3 is 1. The topological polar surface area (TPSA) is 24.5 Å². The van der Waals surface area contributed by atoms with Gasteiger partial charge in [-0.1, -0.05) is 31.2 Å². The molecular formula is C15H24N2O. The van der Waals surface area contributed by atoms with Crippen molar-refractivity contribution < 1.29 is 4.74 Å². The molecule has 0 saturated heterocycles. The van der Waals surface area contributed by atoms with Crippen LogP contribution in [0.1, 0.15) is 18.1 Å². The molecule has 0 radical (unpaired) electrons. The predicted molar refractivity (Wildman–Crippen MR) is 74.8 cm³/mol. The van der Waals surface area contributed by atoms with Crippen molar-refractivity contribution in [2.24, 2.45) is 0 Å². The van der Waals surface area contributed by atoms with Gasteiger partial charge in [-0.15, -0.1) is 0 Å². The first-order valence-electron chi connectivity index (χ1n) is 6.85. The largest absolute Gasteiger partial charge is 0.383 e. The maximum atomic E-state index is 5.28. The van der Waals surface area contributed by atoms with Crippen molar-refractivity contribution in [3.63, 3.8) is 0 Å². The van der Waals surface area contributed by atoms with Crippen molar-refractivity contribution in [1.82, 2.24) is 10.2 Å². The molecule has 0 aliphatic carbocycles. The van der Waals surface area contributed by atoms with E-state index in [0.29, 0.717) is 6.04 Å². The maximum absolute atomic E-state index is 5.28. The van der Waals surface area contributed by atoms with E-state index in [-0.39, 0.29) is 0 Å². The summed E-state index contributed by atoms with van der Waals surface area (Å²) in [4.78, 5) is 2.52. The van der Waals surface area contributed by atoms with Gasteiger partial charge in [0.05, 0.1) is 6.61 Å². The quantitative estimate of drug-likeness (QED) is 0.829. The van der Waals surface area contributed by atoms with E-state index in [1.165, 1.54) is 17.5 Å². The number of hydrogen-bond donors (Lipinski definition) is 1. The van der Waals surface area contributed by atoms with Crippen LogP contribution >= 0.6 is 0 Å². The highest BCUT2D eigenvalue weighted by molar-refractivity contribution is 5.29. The Balaban J connectivity index is 1.91. The van der Waals surface area contributed by atoms with E-state index in [1.807, 2.05) is 0 Å². The molecule has 100 valence electrons. The minimum atomic E-state index is 0.435. The van der Waals surface area contributed by atoms with Crippen LogP contribution in [-0.2, 0) is 17.7 Å². The third kappa shape index (κ3) is 3.55. The molecule has 1 aromatic rings. The van der Waals surface area contributed by atoms with Gasteiger partial charge >= 0.3 is 0 Å². The lowest BCUT2D eigenvalue weighted by atomic mass is 9.99. The number of rotatable bonds is 6. The third-order valence-electron chi connectivity index (χ3n) is 3.55. The van der Waals surface area contributed by atoms with Gasteiger partial charge in [0.2, 0.25) is 0 Å². The summed E-state index contributed by atoms with van der Waals surface area (Å²) >= 11 is 0. The molecule has 0 aromatic heterocycles. The molecule has 1 N–H and O–H groups in total. The molecule has 2 rings (SSSR count). The summed E-state index contributed by atoms with van der Waals surface area (Å²) in [6, 6.07) is 9.22. The van der Waals surface area contributed by atoms with Crippen molar-refractivity contribution >= 4 is 0 Å². The molecule has 1 aliphatic rings. The van der Waals surface area contributed by atoms with E-state index in [0.717, 1.165) is 32.8 Å². The summed E-state index contributed by atoms with van der Waals surface area (Å²) < 4.78 is 5.28. The fourth-order valence-electron chi connectivity index (χ4n) is 2.69. The summed E-state index contributed by atoms with van der Waals surface area (Å²) in [5.41, 5.74) is 3.00. The standard InChI is InChI=1S/C15H24N2O/c1-3-16-15(12-18-2)11-17-9-8-13-6-4-5-7-14(13)10-17/h4-7,15-16H,3,8-12H2,1-2H3. The highest BCUT2D eigenvalue weighted by atomic mass is 16.5. The minimum absolute atomic E-state index is 0.435. The Kier molecular flexibility index (Phi) is 5.17. The molecule has 1 unspecified atom stereocenters. The SMILES string of the molecule is CCNC(COC)CN1CCc2ccccc2C1. The van der Waals surface area contributed by atoms with Crippen LogP contribution in [0.15, 0.2) is 24.3 Å². The molecule has 0 bridgehead atoms.